The van der Waals surface area contributed by atoms with Crippen molar-refractivity contribution in [2.24, 2.45) is 11.7 Å². The lowest BCUT2D eigenvalue weighted by Gasteiger charge is -2.23. The van der Waals surface area contributed by atoms with Crippen LogP contribution < -0.4 is 16.8 Å². The van der Waals surface area contributed by atoms with Crippen molar-refractivity contribution in [2.75, 3.05) is 12.3 Å². The number of esters is 1. The first kappa shape index (κ1) is 18.5. The summed E-state index contributed by atoms with van der Waals surface area (Å²) in [5.41, 5.74) is 13.4. The van der Waals surface area contributed by atoms with Gasteiger partial charge < -0.3 is 31.4 Å². The molecule has 3 heterocycles. The maximum atomic E-state index is 12.2. The molecule has 26 heavy (non-hydrogen) atoms. The van der Waals surface area contributed by atoms with Gasteiger partial charge in [0.05, 0.1) is 24.2 Å². The third-order valence-electron chi connectivity index (χ3n) is 4.76. The molecule has 2 aromatic rings. The summed E-state index contributed by atoms with van der Waals surface area (Å²) < 4.78 is 5.41. The number of hydrogen-bond acceptors (Lipinski definition) is 9. The minimum Gasteiger partial charge on any atom is -0.457 e. The highest BCUT2D eigenvalue weighted by Crippen LogP contribution is 2.33. The molecular formula is C16H24N6O4. The molecule has 0 aliphatic carbocycles. The van der Waals surface area contributed by atoms with E-state index in [0.29, 0.717) is 22.4 Å². The summed E-state index contributed by atoms with van der Waals surface area (Å²) in [6, 6.07) is -2.05. The van der Waals surface area contributed by atoms with Gasteiger partial charge >= 0.3 is 5.97 Å². The van der Waals surface area contributed by atoms with E-state index in [1.54, 1.807) is 20.0 Å². The zero-order chi connectivity index (χ0) is 19.0. The SMILES string of the molecule is CC(C)[C@@H](N)C(=O)OC1C(CO)NC(c2c[nH]c3c(N)ncnc23)C1O. The molecule has 2 aromatic heterocycles. The van der Waals surface area contributed by atoms with Gasteiger partial charge in [-0.1, -0.05) is 13.8 Å². The fourth-order valence-electron chi connectivity index (χ4n) is 3.13. The van der Waals surface area contributed by atoms with Crippen LogP contribution >= 0.6 is 0 Å². The maximum absolute atomic E-state index is 12.2. The lowest BCUT2D eigenvalue weighted by Crippen LogP contribution is -2.45. The van der Waals surface area contributed by atoms with Crippen molar-refractivity contribution in [3.63, 3.8) is 0 Å². The van der Waals surface area contributed by atoms with Crippen LogP contribution in [0.2, 0.25) is 0 Å². The molecule has 0 radical (unpaired) electrons. The average molecular weight is 364 g/mol. The molecule has 0 spiro atoms. The Bertz CT molecular complexity index is 794. The Morgan fingerprint density at radius 3 is 2.81 bits per heavy atom. The van der Waals surface area contributed by atoms with Crippen LogP contribution in [0.3, 0.4) is 0 Å². The maximum Gasteiger partial charge on any atom is 0.323 e. The number of aromatic nitrogens is 3. The number of aliphatic hydroxyl groups is 2. The number of carbonyl (C=O) groups excluding carboxylic acids is 1. The normalized spacial score (nSPS) is 27.2. The van der Waals surface area contributed by atoms with Crippen LogP contribution in [0.4, 0.5) is 5.82 Å². The number of nitrogens with two attached hydrogens (primary N) is 2. The second-order valence-corrected chi connectivity index (χ2v) is 6.82. The number of nitrogens with one attached hydrogen (secondary N) is 2. The number of fused-ring (bicyclic) bond motifs is 1. The van der Waals surface area contributed by atoms with Gasteiger partial charge in [-0.15, -0.1) is 0 Å². The van der Waals surface area contributed by atoms with E-state index in [0.717, 1.165) is 0 Å². The Kier molecular flexibility index (Phi) is 5.10. The van der Waals surface area contributed by atoms with Gasteiger partial charge in [-0.3, -0.25) is 10.1 Å². The summed E-state index contributed by atoms with van der Waals surface area (Å²) in [5, 5.41) is 23.5. The van der Waals surface area contributed by atoms with Crippen molar-refractivity contribution in [3.8, 4) is 0 Å². The lowest BCUT2D eigenvalue weighted by molar-refractivity contribution is -0.157. The van der Waals surface area contributed by atoms with Crippen molar-refractivity contribution in [3.05, 3.63) is 18.1 Å². The quantitative estimate of drug-likeness (QED) is 0.356. The molecule has 142 valence electrons. The second kappa shape index (κ2) is 7.16. The number of carbonyl (C=O) groups is 1. The largest absolute Gasteiger partial charge is 0.457 e. The third kappa shape index (κ3) is 3.12. The van der Waals surface area contributed by atoms with Crippen LogP contribution in [0.5, 0.6) is 0 Å². The zero-order valence-electron chi connectivity index (χ0n) is 14.6. The predicted octanol–water partition coefficient (Wildman–Crippen LogP) is -1.20. The monoisotopic (exact) mass is 364 g/mol. The smallest absolute Gasteiger partial charge is 0.323 e. The molecule has 1 aliphatic heterocycles. The third-order valence-corrected chi connectivity index (χ3v) is 4.76. The van der Waals surface area contributed by atoms with Gasteiger partial charge in [0.2, 0.25) is 0 Å². The molecule has 1 aliphatic rings. The molecule has 1 saturated heterocycles. The van der Waals surface area contributed by atoms with E-state index in [1.165, 1.54) is 6.33 Å². The van der Waals surface area contributed by atoms with E-state index >= 15 is 0 Å². The van der Waals surface area contributed by atoms with Crippen molar-refractivity contribution in [1.82, 2.24) is 20.3 Å². The van der Waals surface area contributed by atoms with E-state index in [1.807, 2.05) is 0 Å². The Morgan fingerprint density at radius 2 is 2.15 bits per heavy atom. The summed E-state index contributed by atoms with van der Waals surface area (Å²) in [5.74, 6) is -0.431. The highest BCUT2D eigenvalue weighted by molar-refractivity contribution is 5.87. The van der Waals surface area contributed by atoms with E-state index in [-0.39, 0.29) is 12.5 Å². The summed E-state index contributed by atoms with van der Waals surface area (Å²) >= 11 is 0. The highest BCUT2D eigenvalue weighted by atomic mass is 16.6. The topological polar surface area (TPSA) is 172 Å². The minimum atomic E-state index is -1.09. The van der Waals surface area contributed by atoms with Crippen LogP contribution in [0.15, 0.2) is 12.5 Å². The van der Waals surface area contributed by atoms with Gasteiger partial charge in [0.25, 0.3) is 0 Å². The summed E-state index contributed by atoms with van der Waals surface area (Å²) in [4.78, 5) is 23.3. The number of aromatic amines is 1. The first-order chi connectivity index (χ1) is 12.3. The number of nitrogens with zero attached hydrogens (tertiary/aromatic N) is 2. The molecule has 0 bridgehead atoms. The second-order valence-electron chi connectivity index (χ2n) is 6.82. The van der Waals surface area contributed by atoms with Crippen molar-refractivity contribution in [1.29, 1.82) is 0 Å². The number of rotatable bonds is 5. The van der Waals surface area contributed by atoms with Crippen LogP contribution in [0, 0.1) is 5.92 Å². The minimum absolute atomic E-state index is 0.106. The van der Waals surface area contributed by atoms with E-state index in [2.05, 4.69) is 20.3 Å². The molecule has 0 amide bonds. The standard InChI is InChI=1S/C16H24N6O4/c1-6(2)9(17)16(25)26-14-8(4-23)22-11(13(14)24)7-3-19-12-10(7)20-5-21-15(12)18/h3,5-6,8-9,11,13-14,19,22-24H,4,17H2,1-2H3,(H2,18,20,21)/t8?,9-,11?,13?,14?/m1/s1. The Hall–Kier alpha value is -2.27. The number of aliphatic hydroxyl groups excluding tert-OH is 2. The molecule has 5 atom stereocenters. The van der Waals surface area contributed by atoms with Crippen molar-refractivity contribution < 1.29 is 19.7 Å². The first-order valence-electron chi connectivity index (χ1n) is 8.43. The fourth-order valence-corrected chi connectivity index (χ4v) is 3.13. The van der Waals surface area contributed by atoms with Gasteiger partial charge in [-0.25, -0.2) is 9.97 Å². The van der Waals surface area contributed by atoms with E-state index in [4.69, 9.17) is 16.2 Å². The molecule has 10 heteroatoms. The molecule has 3 rings (SSSR count). The van der Waals surface area contributed by atoms with Gasteiger partial charge in [0.15, 0.2) is 5.82 Å². The zero-order valence-corrected chi connectivity index (χ0v) is 14.6. The van der Waals surface area contributed by atoms with Gasteiger partial charge in [-0.2, -0.15) is 0 Å². The van der Waals surface area contributed by atoms with Crippen molar-refractivity contribution >= 4 is 22.8 Å². The summed E-state index contributed by atoms with van der Waals surface area (Å²) in [6.07, 6.45) is 0.964. The van der Waals surface area contributed by atoms with Crippen LogP contribution in [-0.2, 0) is 9.53 Å². The van der Waals surface area contributed by atoms with E-state index in [9.17, 15) is 15.0 Å². The van der Waals surface area contributed by atoms with Gasteiger partial charge in [0, 0.05) is 11.8 Å². The molecule has 0 aromatic carbocycles. The lowest BCUT2D eigenvalue weighted by atomic mass is 10.0. The van der Waals surface area contributed by atoms with Gasteiger partial charge in [0.1, 0.15) is 30.1 Å². The molecule has 0 saturated carbocycles. The average Bonchev–Trinajstić information content (AvgIpc) is 3.17. The number of nitrogen functional groups attached to an aromatic ring is 1. The van der Waals surface area contributed by atoms with Crippen LogP contribution in [-0.4, -0.2) is 62.0 Å². The highest BCUT2D eigenvalue weighted by Gasteiger charge is 2.46. The van der Waals surface area contributed by atoms with E-state index < -0.39 is 36.3 Å². The Balaban J connectivity index is 1.86. The van der Waals surface area contributed by atoms with Crippen molar-refractivity contribution in [2.45, 2.75) is 44.2 Å². The Labute approximate surface area is 149 Å². The molecule has 8 N–H and O–H groups in total. The van der Waals surface area contributed by atoms with Gasteiger partial charge in [-0.05, 0) is 5.92 Å². The predicted molar refractivity (Wildman–Crippen MR) is 93.8 cm³/mol. The summed E-state index contributed by atoms with van der Waals surface area (Å²) in [7, 11) is 0. The number of H-pyrrole nitrogens is 1. The van der Waals surface area contributed by atoms with Crippen LogP contribution in [0.25, 0.3) is 11.0 Å². The molecule has 1 fully saturated rings. The van der Waals surface area contributed by atoms with Crippen LogP contribution in [0.1, 0.15) is 25.5 Å². The molecular weight excluding hydrogens is 340 g/mol. The number of hydrogen-bond donors (Lipinski definition) is 6. The fraction of sp³-hybridized carbons (Fsp3) is 0.562. The Morgan fingerprint density at radius 1 is 1.42 bits per heavy atom. The number of anilines is 1. The summed E-state index contributed by atoms with van der Waals surface area (Å²) in [6.45, 7) is 3.29. The number of ether oxygens (including phenoxy) is 1. The first-order valence-corrected chi connectivity index (χ1v) is 8.43. The molecule has 4 unspecified atom stereocenters. The molecule has 10 nitrogen and oxygen atoms in total.